The number of methoxy groups -OCH3 is 1. The molecule has 0 N–H and O–H groups in total. The lowest BCUT2D eigenvalue weighted by Crippen LogP contribution is -2.09. The number of nitrogens with zero attached hydrogens (tertiary/aromatic N) is 1. The van der Waals surface area contributed by atoms with E-state index in [2.05, 4.69) is 5.16 Å². The zero-order valence-corrected chi connectivity index (χ0v) is 12.7. The summed E-state index contributed by atoms with van der Waals surface area (Å²) in [5.74, 6) is 0.946. The molecule has 1 heterocycles. The molecule has 0 unspecified atom stereocenters. The zero-order chi connectivity index (χ0) is 15.4. The van der Waals surface area contributed by atoms with Gasteiger partial charge < -0.3 is 14.0 Å². The second-order valence-corrected chi connectivity index (χ2v) is 5.09. The molecule has 0 saturated carbocycles. The highest BCUT2D eigenvalue weighted by Crippen LogP contribution is 2.23. The number of aromatic nitrogens is 1. The molecular formula is C16H19NO4. The first kappa shape index (κ1) is 15.1. The minimum atomic E-state index is -0.416. The van der Waals surface area contributed by atoms with Crippen molar-refractivity contribution in [3.05, 3.63) is 46.8 Å². The van der Waals surface area contributed by atoms with Crippen LogP contribution in [-0.2, 0) is 11.3 Å². The minimum Gasteiger partial charge on any atom is -0.497 e. The second kappa shape index (κ2) is 6.43. The summed E-state index contributed by atoms with van der Waals surface area (Å²) in [7, 11) is 1.60. The Bertz CT molecular complexity index is 631. The average Bonchev–Trinajstić information content (AvgIpc) is 2.87. The van der Waals surface area contributed by atoms with Gasteiger partial charge in [0.15, 0.2) is 5.76 Å². The third-order valence-corrected chi connectivity index (χ3v) is 3.12. The topological polar surface area (TPSA) is 61.6 Å². The molecule has 1 aromatic heterocycles. The zero-order valence-electron chi connectivity index (χ0n) is 12.7. The van der Waals surface area contributed by atoms with Crippen LogP contribution >= 0.6 is 0 Å². The van der Waals surface area contributed by atoms with E-state index in [1.54, 1.807) is 14.0 Å². The van der Waals surface area contributed by atoms with Crippen LogP contribution in [0.15, 0.2) is 28.8 Å². The van der Waals surface area contributed by atoms with Crippen LogP contribution in [0.1, 0.15) is 47.1 Å². The van der Waals surface area contributed by atoms with Crippen LogP contribution < -0.4 is 4.74 Å². The Labute approximate surface area is 123 Å². The van der Waals surface area contributed by atoms with Gasteiger partial charge in [0.1, 0.15) is 17.9 Å². The lowest BCUT2D eigenvalue weighted by molar-refractivity contribution is 0.0468. The normalized spacial score (nSPS) is 10.7. The molecule has 0 amide bonds. The molecule has 2 aromatic rings. The first-order valence-electron chi connectivity index (χ1n) is 6.79. The van der Waals surface area contributed by atoms with Crippen molar-refractivity contribution in [3.63, 3.8) is 0 Å². The monoisotopic (exact) mass is 289 g/mol. The second-order valence-electron chi connectivity index (χ2n) is 5.09. The number of hydrogen-bond acceptors (Lipinski definition) is 5. The maximum Gasteiger partial charge on any atom is 0.344 e. The van der Waals surface area contributed by atoms with Crippen molar-refractivity contribution in [2.45, 2.75) is 33.3 Å². The summed E-state index contributed by atoms with van der Waals surface area (Å²) in [5, 5.41) is 3.85. The van der Waals surface area contributed by atoms with Crippen molar-refractivity contribution < 1.29 is 18.8 Å². The van der Waals surface area contributed by atoms with E-state index in [1.807, 2.05) is 38.1 Å². The maximum absolute atomic E-state index is 12.2. The summed E-state index contributed by atoms with van der Waals surface area (Å²) >= 11 is 0. The number of rotatable bonds is 5. The molecule has 0 atom stereocenters. The van der Waals surface area contributed by atoms with Gasteiger partial charge in [0.25, 0.3) is 0 Å². The molecule has 2 rings (SSSR count). The number of carbonyl (C=O) groups is 1. The molecule has 0 bridgehead atoms. The van der Waals surface area contributed by atoms with Crippen LogP contribution in [0.2, 0.25) is 0 Å². The van der Waals surface area contributed by atoms with Crippen LogP contribution in [0.25, 0.3) is 0 Å². The van der Waals surface area contributed by atoms with Gasteiger partial charge in [0.05, 0.1) is 12.8 Å². The molecule has 0 saturated heterocycles. The van der Waals surface area contributed by atoms with E-state index in [0.29, 0.717) is 17.0 Å². The summed E-state index contributed by atoms with van der Waals surface area (Å²) in [4.78, 5) is 12.2. The maximum atomic E-state index is 12.2. The van der Waals surface area contributed by atoms with Gasteiger partial charge in [-0.25, -0.2) is 4.79 Å². The molecule has 21 heavy (non-hydrogen) atoms. The molecule has 1 aromatic carbocycles. The summed E-state index contributed by atoms with van der Waals surface area (Å²) < 4.78 is 15.7. The number of aryl methyl sites for hydroxylation is 1. The van der Waals surface area contributed by atoms with Gasteiger partial charge >= 0.3 is 5.97 Å². The highest BCUT2D eigenvalue weighted by Gasteiger charge is 2.23. The van der Waals surface area contributed by atoms with E-state index in [9.17, 15) is 4.79 Å². The van der Waals surface area contributed by atoms with Crippen molar-refractivity contribution in [1.29, 1.82) is 0 Å². The molecule has 0 aliphatic heterocycles. The molecule has 0 aliphatic carbocycles. The molecule has 5 heteroatoms. The fraction of sp³-hybridized carbons (Fsp3) is 0.375. The fourth-order valence-electron chi connectivity index (χ4n) is 2.01. The number of ether oxygens (including phenoxy) is 2. The number of carbonyl (C=O) groups excluding carboxylic acids is 1. The summed E-state index contributed by atoms with van der Waals surface area (Å²) in [5.41, 5.74) is 1.84. The van der Waals surface area contributed by atoms with Crippen LogP contribution in [-0.4, -0.2) is 18.2 Å². The quantitative estimate of drug-likeness (QED) is 0.789. The van der Waals surface area contributed by atoms with E-state index in [0.717, 1.165) is 11.3 Å². The summed E-state index contributed by atoms with van der Waals surface area (Å²) in [6.45, 7) is 5.80. The van der Waals surface area contributed by atoms with Gasteiger partial charge in [-0.2, -0.15) is 0 Å². The SMILES string of the molecule is COc1cccc(COC(=O)c2c(C)noc2C(C)C)c1. The molecule has 0 fully saturated rings. The predicted molar refractivity (Wildman–Crippen MR) is 77.4 cm³/mol. The van der Waals surface area contributed by atoms with E-state index >= 15 is 0 Å². The number of esters is 1. The number of benzene rings is 1. The van der Waals surface area contributed by atoms with Crippen molar-refractivity contribution in [1.82, 2.24) is 5.16 Å². The molecule has 0 aliphatic rings. The standard InChI is InChI=1S/C16H19NO4/c1-10(2)15-14(11(3)17-21-15)16(18)20-9-12-6-5-7-13(8-12)19-4/h5-8,10H,9H2,1-4H3. The Balaban J connectivity index is 2.10. The van der Waals surface area contributed by atoms with Crippen LogP contribution in [0.5, 0.6) is 5.75 Å². The largest absolute Gasteiger partial charge is 0.497 e. The Morgan fingerprint density at radius 3 is 2.81 bits per heavy atom. The van der Waals surface area contributed by atoms with Crippen LogP contribution in [0.4, 0.5) is 0 Å². The Hall–Kier alpha value is -2.30. The molecule has 5 nitrogen and oxygen atoms in total. The number of hydrogen-bond donors (Lipinski definition) is 0. The lowest BCUT2D eigenvalue weighted by Gasteiger charge is -2.07. The first-order valence-corrected chi connectivity index (χ1v) is 6.79. The van der Waals surface area contributed by atoms with E-state index < -0.39 is 5.97 Å². The van der Waals surface area contributed by atoms with Crippen molar-refractivity contribution in [2.24, 2.45) is 0 Å². The van der Waals surface area contributed by atoms with Crippen LogP contribution in [0, 0.1) is 6.92 Å². The fourth-order valence-corrected chi connectivity index (χ4v) is 2.01. The van der Waals surface area contributed by atoms with Gasteiger partial charge in [0.2, 0.25) is 0 Å². The van der Waals surface area contributed by atoms with Gasteiger partial charge in [-0.05, 0) is 24.6 Å². The molecule has 0 spiro atoms. The van der Waals surface area contributed by atoms with E-state index in [1.165, 1.54) is 0 Å². The van der Waals surface area contributed by atoms with Crippen LogP contribution in [0.3, 0.4) is 0 Å². The van der Waals surface area contributed by atoms with Crippen molar-refractivity contribution in [2.75, 3.05) is 7.11 Å². The molecule has 0 radical (unpaired) electrons. The van der Waals surface area contributed by atoms with Gasteiger partial charge in [-0.1, -0.05) is 31.1 Å². The van der Waals surface area contributed by atoms with Crippen molar-refractivity contribution >= 4 is 5.97 Å². The highest BCUT2D eigenvalue weighted by molar-refractivity contribution is 5.91. The Morgan fingerprint density at radius 2 is 2.14 bits per heavy atom. The Kier molecular flexibility index (Phi) is 4.62. The average molecular weight is 289 g/mol. The smallest absolute Gasteiger partial charge is 0.344 e. The van der Waals surface area contributed by atoms with Gasteiger partial charge in [-0.15, -0.1) is 0 Å². The minimum absolute atomic E-state index is 0.0746. The van der Waals surface area contributed by atoms with Gasteiger partial charge in [-0.3, -0.25) is 0 Å². The lowest BCUT2D eigenvalue weighted by atomic mass is 10.1. The van der Waals surface area contributed by atoms with Gasteiger partial charge in [0, 0.05) is 5.92 Å². The molecular weight excluding hydrogens is 270 g/mol. The van der Waals surface area contributed by atoms with Crippen molar-refractivity contribution in [3.8, 4) is 5.75 Å². The van der Waals surface area contributed by atoms with E-state index in [4.69, 9.17) is 14.0 Å². The third-order valence-electron chi connectivity index (χ3n) is 3.12. The summed E-state index contributed by atoms with van der Waals surface area (Å²) in [6, 6.07) is 7.40. The third kappa shape index (κ3) is 3.42. The Morgan fingerprint density at radius 1 is 1.38 bits per heavy atom. The van der Waals surface area contributed by atoms with E-state index in [-0.39, 0.29) is 12.5 Å². The summed E-state index contributed by atoms with van der Waals surface area (Å²) in [6.07, 6.45) is 0. The predicted octanol–water partition coefficient (Wildman–Crippen LogP) is 3.47. The molecule has 112 valence electrons. The highest BCUT2D eigenvalue weighted by atomic mass is 16.5. The first-order chi connectivity index (χ1) is 10.0.